The van der Waals surface area contributed by atoms with E-state index in [2.05, 4.69) is 29.8 Å². The molecule has 0 bridgehead atoms. The fourth-order valence-corrected chi connectivity index (χ4v) is 3.99. The van der Waals surface area contributed by atoms with Crippen LogP contribution in [0.4, 0.5) is 0 Å². The molecule has 0 aromatic rings. The van der Waals surface area contributed by atoms with Crippen LogP contribution in [0.1, 0.15) is 39.0 Å². The topological polar surface area (TPSA) is 29.3 Å². The van der Waals surface area contributed by atoms with E-state index in [-0.39, 0.29) is 0 Å². The van der Waals surface area contributed by atoms with Crippen molar-refractivity contribution < 1.29 is 0 Å². The van der Waals surface area contributed by atoms with Gasteiger partial charge in [0.25, 0.3) is 0 Å². The largest absolute Gasteiger partial charge is 0.328 e. The summed E-state index contributed by atoms with van der Waals surface area (Å²) in [6.45, 7) is 3.58. The van der Waals surface area contributed by atoms with Crippen LogP contribution >= 0.6 is 11.8 Å². The van der Waals surface area contributed by atoms with Crippen LogP contribution in [-0.2, 0) is 0 Å². The highest BCUT2D eigenvalue weighted by Gasteiger charge is 2.33. The zero-order valence-electron chi connectivity index (χ0n) is 9.98. The van der Waals surface area contributed by atoms with Gasteiger partial charge in [-0.2, -0.15) is 11.8 Å². The standard InChI is InChI=1S/C12H24N2S/c1-9-7-10(13)5-6-14(9)11-3-4-12(8-11)15-2/h9-12H,3-8,13H2,1-2H3. The maximum Gasteiger partial charge on any atom is 0.0109 e. The van der Waals surface area contributed by atoms with Crippen molar-refractivity contribution in [3.05, 3.63) is 0 Å². The van der Waals surface area contributed by atoms with Crippen LogP contribution in [0.25, 0.3) is 0 Å². The van der Waals surface area contributed by atoms with Crippen molar-refractivity contribution in [1.82, 2.24) is 4.90 Å². The van der Waals surface area contributed by atoms with Crippen molar-refractivity contribution in [1.29, 1.82) is 0 Å². The Labute approximate surface area is 98.0 Å². The van der Waals surface area contributed by atoms with E-state index in [4.69, 9.17) is 5.73 Å². The van der Waals surface area contributed by atoms with Gasteiger partial charge in [0, 0.05) is 29.9 Å². The number of thioether (sulfide) groups is 1. The predicted octanol–water partition coefficient (Wildman–Crippen LogP) is 2.08. The fraction of sp³-hybridized carbons (Fsp3) is 1.00. The number of piperidine rings is 1. The Hall–Kier alpha value is 0.270. The molecule has 1 heterocycles. The molecule has 1 aliphatic heterocycles. The lowest BCUT2D eigenvalue weighted by atomic mass is 9.97. The van der Waals surface area contributed by atoms with E-state index in [1.54, 1.807) is 0 Å². The molecular weight excluding hydrogens is 204 g/mol. The van der Waals surface area contributed by atoms with Crippen LogP contribution in [0.5, 0.6) is 0 Å². The van der Waals surface area contributed by atoms with E-state index in [1.807, 2.05) is 0 Å². The number of nitrogens with zero attached hydrogens (tertiary/aromatic N) is 1. The average Bonchev–Trinajstić information content (AvgIpc) is 2.66. The zero-order chi connectivity index (χ0) is 10.8. The van der Waals surface area contributed by atoms with E-state index >= 15 is 0 Å². The summed E-state index contributed by atoms with van der Waals surface area (Å²) < 4.78 is 0. The Morgan fingerprint density at radius 3 is 2.60 bits per heavy atom. The Kier molecular flexibility index (Phi) is 3.97. The lowest BCUT2D eigenvalue weighted by Crippen LogP contribution is -2.49. The van der Waals surface area contributed by atoms with Gasteiger partial charge in [0.05, 0.1) is 0 Å². The Bertz CT molecular complexity index is 210. The minimum atomic E-state index is 0.453. The average molecular weight is 228 g/mol. The number of nitrogens with two attached hydrogens (primary N) is 1. The molecule has 1 saturated carbocycles. The predicted molar refractivity (Wildman–Crippen MR) is 68.3 cm³/mol. The van der Waals surface area contributed by atoms with Crippen molar-refractivity contribution in [2.75, 3.05) is 12.8 Å². The maximum absolute atomic E-state index is 6.01. The molecule has 1 saturated heterocycles. The smallest absolute Gasteiger partial charge is 0.0109 e. The first kappa shape index (κ1) is 11.7. The van der Waals surface area contributed by atoms with Crippen LogP contribution in [0.2, 0.25) is 0 Å². The monoisotopic (exact) mass is 228 g/mol. The second-order valence-corrected chi connectivity index (χ2v) is 6.33. The molecular formula is C12H24N2S. The Morgan fingerprint density at radius 2 is 2.00 bits per heavy atom. The molecule has 2 nitrogen and oxygen atoms in total. The molecule has 0 spiro atoms. The summed E-state index contributed by atoms with van der Waals surface area (Å²) in [7, 11) is 0. The Morgan fingerprint density at radius 1 is 1.20 bits per heavy atom. The van der Waals surface area contributed by atoms with Crippen LogP contribution in [0.15, 0.2) is 0 Å². The minimum absolute atomic E-state index is 0.453. The highest BCUT2D eigenvalue weighted by molar-refractivity contribution is 7.99. The first-order chi connectivity index (χ1) is 7.20. The van der Waals surface area contributed by atoms with Gasteiger partial charge in [0.2, 0.25) is 0 Å². The van der Waals surface area contributed by atoms with Crippen molar-refractivity contribution in [3.8, 4) is 0 Å². The molecule has 0 radical (unpaired) electrons. The first-order valence-corrected chi connectivity index (χ1v) is 7.53. The molecule has 4 atom stereocenters. The van der Waals surface area contributed by atoms with Gasteiger partial charge in [-0.3, -0.25) is 4.90 Å². The summed E-state index contributed by atoms with van der Waals surface area (Å²) in [5.74, 6) is 0. The normalized spacial score (nSPS) is 43.4. The first-order valence-electron chi connectivity index (χ1n) is 6.24. The second-order valence-electron chi connectivity index (χ2n) is 5.20. The number of likely N-dealkylation sites (tertiary alicyclic amines) is 1. The van der Waals surface area contributed by atoms with Gasteiger partial charge in [-0.15, -0.1) is 0 Å². The summed E-state index contributed by atoms with van der Waals surface area (Å²) in [5, 5.41) is 0.915. The molecule has 0 aromatic carbocycles. The van der Waals surface area contributed by atoms with Crippen LogP contribution in [0, 0.1) is 0 Å². The molecule has 3 heteroatoms. The van der Waals surface area contributed by atoms with Crippen molar-refractivity contribution in [2.24, 2.45) is 5.73 Å². The molecule has 2 fully saturated rings. The van der Waals surface area contributed by atoms with Crippen molar-refractivity contribution in [2.45, 2.75) is 62.4 Å². The van der Waals surface area contributed by atoms with E-state index < -0.39 is 0 Å². The highest BCUT2D eigenvalue weighted by atomic mass is 32.2. The van der Waals surface area contributed by atoms with Gasteiger partial charge in [0.1, 0.15) is 0 Å². The third-order valence-electron chi connectivity index (χ3n) is 4.13. The number of hydrogen-bond donors (Lipinski definition) is 1. The summed E-state index contributed by atoms with van der Waals surface area (Å²) in [4.78, 5) is 2.72. The quantitative estimate of drug-likeness (QED) is 0.784. The maximum atomic E-state index is 6.01. The third-order valence-corrected chi connectivity index (χ3v) is 5.22. The SMILES string of the molecule is CSC1CCC(N2CCC(N)CC2C)C1. The van der Waals surface area contributed by atoms with Gasteiger partial charge < -0.3 is 5.73 Å². The molecule has 2 rings (SSSR count). The van der Waals surface area contributed by atoms with Gasteiger partial charge in [0.15, 0.2) is 0 Å². The van der Waals surface area contributed by atoms with Crippen molar-refractivity contribution >= 4 is 11.8 Å². The summed E-state index contributed by atoms with van der Waals surface area (Å²) in [6, 6.07) is 2.01. The highest BCUT2D eigenvalue weighted by Crippen LogP contribution is 2.34. The zero-order valence-corrected chi connectivity index (χ0v) is 10.8. The van der Waals surface area contributed by atoms with E-state index in [0.717, 1.165) is 11.3 Å². The van der Waals surface area contributed by atoms with E-state index in [9.17, 15) is 0 Å². The van der Waals surface area contributed by atoms with Gasteiger partial charge >= 0.3 is 0 Å². The molecule has 4 unspecified atom stereocenters. The van der Waals surface area contributed by atoms with Crippen molar-refractivity contribution in [3.63, 3.8) is 0 Å². The summed E-state index contributed by atoms with van der Waals surface area (Å²) in [6.07, 6.45) is 8.88. The number of rotatable bonds is 2. The van der Waals surface area contributed by atoms with Gasteiger partial charge in [-0.1, -0.05) is 0 Å². The molecule has 0 aromatic heterocycles. The van der Waals surface area contributed by atoms with Gasteiger partial charge in [-0.25, -0.2) is 0 Å². The van der Waals surface area contributed by atoms with Gasteiger partial charge in [-0.05, 0) is 45.3 Å². The summed E-state index contributed by atoms with van der Waals surface area (Å²) >= 11 is 2.05. The fourth-order valence-electron chi connectivity index (χ4n) is 3.20. The van der Waals surface area contributed by atoms with E-state index in [1.165, 1.54) is 38.6 Å². The second kappa shape index (κ2) is 5.07. The summed E-state index contributed by atoms with van der Waals surface area (Å²) in [5.41, 5.74) is 6.01. The lowest BCUT2D eigenvalue weighted by Gasteiger charge is -2.40. The molecule has 88 valence electrons. The third kappa shape index (κ3) is 2.69. The van der Waals surface area contributed by atoms with Crippen LogP contribution in [-0.4, -0.2) is 41.1 Å². The number of hydrogen-bond acceptors (Lipinski definition) is 3. The van der Waals surface area contributed by atoms with Crippen LogP contribution in [0.3, 0.4) is 0 Å². The molecule has 1 aliphatic carbocycles. The molecule has 0 amide bonds. The molecule has 2 N–H and O–H groups in total. The van der Waals surface area contributed by atoms with Crippen LogP contribution < -0.4 is 5.73 Å². The Balaban J connectivity index is 1.88. The lowest BCUT2D eigenvalue weighted by molar-refractivity contribution is 0.0986. The minimum Gasteiger partial charge on any atom is -0.328 e. The van der Waals surface area contributed by atoms with E-state index in [0.29, 0.717) is 12.1 Å². The molecule has 15 heavy (non-hydrogen) atoms. The molecule has 2 aliphatic rings.